The van der Waals surface area contributed by atoms with Gasteiger partial charge in [-0.25, -0.2) is 4.79 Å². The van der Waals surface area contributed by atoms with Crippen LogP contribution >= 0.6 is 0 Å². The average Bonchev–Trinajstić information content (AvgIpc) is 3.34. The van der Waals surface area contributed by atoms with Crippen molar-refractivity contribution in [3.8, 4) is 22.8 Å². The second-order valence-corrected chi connectivity index (χ2v) is 8.48. The Bertz CT molecular complexity index is 1230. The van der Waals surface area contributed by atoms with E-state index in [4.69, 9.17) is 14.0 Å². The lowest BCUT2D eigenvalue weighted by atomic mass is 9.98. The summed E-state index contributed by atoms with van der Waals surface area (Å²) >= 11 is 0. The summed E-state index contributed by atoms with van der Waals surface area (Å²) in [6, 6.07) is 25.0. The first kappa shape index (κ1) is 23.1. The molecular formula is C28H27NO5. The predicted octanol–water partition coefficient (Wildman–Crippen LogP) is 6.40. The number of rotatable bonds is 10. The molecule has 6 nitrogen and oxygen atoms in total. The molecule has 0 aliphatic heterocycles. The molecule has 0 amide bonds. The largest absolute Gasteiger partial charge is 0.488 e. The van der Waals surface area contributed by atoms with Crippen molar-refractivity contribution < 1.29 is 23.9 Å². The van der Waals surface area contributed by atoms with Crippen molar-refractivity contribution in [3.05, 3.63) is 101 Å². The third-order valence-corrected chi connectivity index (χ3v) is 5.26. The minimum atomic E-state index is -1.15. The Morgan fingerprint density at radius 2 is 1.47 bits per heavy atom. The van der Waals surface area contributed by atoms with E-state index in [1.165, 1.54) is 6.07 Å². The van der Waals surface area contributed by atoms with Crippen molar-refractivity contribution in [1.29, 1.82) is 0 Å². The minimum Gasteiger partial charge on any atom is -0.488 e. The van der Waals surface area contributed by atoms with Crippen molar-refractivity contribution in [2.24, 2.45) is 5.92 Å². The van der Waals surface area contributed by atoms with Gasteiger partial charge in [-0.15, -0.1) is 0 Å². The van der Waals surface area contributed by atoms with Crippen LogP contribution in [0.1, 0.15) is 41.0 Å². The number of carboxylic acids is 1. The maximum absolute atomic E-state index is 11.4. The Morgan fingerprint density at radius 1 is 0.882 bits per heavy atom. The van der Waals surface area contributed by atoms with E-state index < -0.39 is 5.97 Å². The number of aromatic carboxylic acids is 1. The molecule has 0 aliphatic rings. The van der Waals surface area contributed by atoms with Crippen LogP contribution in [0.25, 0.3) is 11.3 Å². The fourth-order valence-electron chi connectivity index (χ4n) is 3.63. The maximum Gasteiger partial charge on any atom is 0.358 e. The van der Waals surface area contributed by atoms with Crippen molar-refractivity contribution in [3.63, 3.8) is 0 Å². The first-order valence-corrected chi connectivity index (χ1v) is 11.2. The number of hydrogen-bond donors (Lipinski definition) is 1. The quantitative estimate of drug-likeness (QED) is 0.297. The van der Waals surface area contributed by atoms with E-state index in [0.717, 1.165) is 28.9 Å². The lowest BCUT2D eigenvalue weighted by Gasteiger charge is -2.18. The SMILES string of the molecule is CC(C)Cc1cc(-c2cc(C(=O)O)no2)c(OCc2ccccc2)cc1OCc1ccccc1. The van der Waals surface area contributed by atoms with Gasteiger partial charge in [-0.1, -0.05) is 79.7 Å². The summed E-state index contributed by atoms with van der Waals surface area (Å²) < 4.78 is 17.8. The highest BCUT2D eigenvalue weighted by Crippen LogP contribution is 2.38. The van der Waals surface area contributed by atoms with Crippen LogP contribution in [-0.2, 0) is 19.6 Å². The fraction of sp³-hybridized carbons (Fsp3) is 0.214. The lowest BCUT2D eigenvalue weighted by Crippen LogP contribution is -2.04. The monoisotopic (exact) mass is 457 g/mol. The molecule has 0 fully saturated rings. The molecule has 0 bridgehead atoms. The molecule has 0 spiro atoms. The molecule has 1 N–H and O–H groups in total. The third-order valence-electron chi connectivity index (χ3n) is 5.26. The molecule has 3 aromatic carbocycles. The van der Waals surface area contributed by atoms with Crippen LogP contribution in [0.2, 0.25) is 0 Å². The number of ether oxygens (including phenoxy) is 2. The molecule has 34 heavy (non-hydrogen) atoms. The number of nitrogens with zero attached hydrogens (tertiary/aromatic N) is 1. The van der Waals surface area contributed by atoms with Gasteiger partial charge in [-0.2, -0.15) is 0 Å². The van der Waals surface area contributed by atoms with Gasteiger partial charge in [-0.3, -0.25) is 0 Å². The zero-order chi connectivity index (χ0) is 23.9. The van der Waals surface area contributed by atoms with E-state index in [-0.39, 0.29) is 5.69 Å². The second-order valence-electron chi connectivity index (χ2n) is 8.48. The van der Waals surface area contributed by atoms with Gasteiger partial charge in [0.2, 0.25) is 0 Å². The first-order chi connectivity index (χ1) is 16.5. The predicted molar refractivity (Wildman–Crippen MR) is 129 cm³/mol. The third kappa shape index (κ3) is 5.84. The fourth-order valence-corrected chi connectivity index (χ4v) is 3.63. The van der Waals surface area contributed by atoms with Crippen LogP contribution in [0.15, 0.2) is 83.4 Å². The molecule has 0 saturated carbocycles. The van der Waals surface area contributed by atoms with Crippen LogP contribution in [0.3, 0.4) is 0 Å². The molecule has 0 saturated heterocycles. The summed E-state index contributed by atoms with van der Waals surface area (Å²) in [6.07, 6.45) is 0.774. The van der Waals surface area contributed by atoms with Crippen LogP contribution in [0.4, 0.5) is 0 Å². The van der Waals surface area contributed by atoms with E-state index in [1.54, 1.807) is 0 Å². The van der Waals surface area contributed by atoms with Gasteiger partial charge in [0, 0.05) is 12.1 Å². The summed E-state index contributed by atoms with van der Waals surface area (Å²) in [5.41, 5.74) is 3.55. The standard InChI is InChI=1S/C28H27NO5/c1-19(2)13-22-14-23(27-15-24(28(30)31)29-34-27)26(33-18-21-11-7-4-8-12-21)16-25(22)32-17-20-9-5-3-6-10-20/h3-12,14-16,19H,13,17-18H2,1-2H3,(H,30,31). The molecule has 4 rings (SSSR count). The summed E-state index contributed by atoms with van der Waals surface area (Å²) in [6.45, 7) is 5.04. The normalized spacial score (nSPS) is 10.9. The maximum atomic E-state index is 11.4. The van der Waals surface area contributed by atoms with Gasteiger partial charge in [0.1, 0.15) is 24.7 Å². The highest BCUT2D eigenvalue weighted by molar-refractivity contribution is 5.87. The summed E-state index contributed by atoms with van der Waals surface area (Å²) in [7, 11) is 0. The van der Waals surface area contributed by atoms with E-state index in [9.17, 15) is 9.90 Å². The highest BCUT2D eigenvalue weighted by Gasteiger charge is 2.20. The smallest absolute Gasteiger partial charge is 0.358 e. The second kappa shape index (κ2) is 10.7. The van der Waals surface area contributed by atoms with Crippen LogP contribution in [0.5, 0.6) is 11.5 Å². The molecule has 174 valence electrons. The molecule has 1 heterocycles. The first-order valence-electron chi connectivity index (χ1n) is 11.2. The van der Waals surface area contributed by atoms with Gasteiger partial charge in [0.25, 0.3) is 0 Å². The van der Waals surface area contributed by atoms with Crippen molar-refractivity contribution >= 4 is 5.97 Å². The Labute approximate surface area is 198 Å². The summed E-state index contributed by atoms with van der Waals surface area (Å²) in [4.78, 5) is 11.4. The Morgan fingerprint density at radius 3 is 2.00 bits per heavy atom. The van der Waals surface area contributed by atoms with E-state index in [1.807, 2.05) is 72.8 Å². The van der Waals surface area contributed by atoms with Gasteiger partial charge in [-0.05, 0) is 35.1 Å². The Hall–Kier alpha value is -4.06. The zero-order valence-corrected chi connectivity index (χ0v) is 19.2. The molecule has 0 atom stereocenters. The molecular weight excluding hydrogens is 430 g/mol. The van der Waals surface area contributed by atoms with Crippen molar-refractivity contribution in [2.75, 3.05) is 0 Å². The molecule has 6 heteroatoms. The van der Waals surface area contributed by atoms with E-state index in [0.29, 0.717) is 36.2 Å². The Kier molecular flexibility index (Phi) is 7.28. The van der Waals surface area contributed by atoms with Gasteiger partial charge >= 0.3 is 5.97 Å². The summed E-state index contributed by atoms with van der Waals surface area (Å²) in [5.74, 6) is 0.828. The van der Waals surface area contributed by atoms with Gasteiger partial charge in [0.05, 0.1) is 5.56 Å². The van der Waals surface area contributed by atoms with Crippen LogP contribution in [-0.4, -0.2) is 16.2 Å². The van der Waals surface area contributed by atoms with E-state index >= 15 is 0 Å². The van der Waals surface area contributed by atoms with Crippen LogP contribution in [0, 0.1) is 5.92 Å². The number of carbonyl (C=O) groups is 1. The van der Waals surface area contributed by atoms with Crippen LogP contribution < -0.4 is 9.47 Å². The highest BCUT2D eigenvalue weighted by atomic mass is 16.5. The molecule has 0 unspecified atom stereocenters. The van der Waals surface area contributed by atoms with Crippen molar-refractivity contribution in [1.82, 2.24) is 5.16 Å². The van der Waals surface area contributed by atoms with Gasteiger partial charge in [0.15, 0.2) is 11.5 Å². The summed E-state index contributed by atoms with van der Waals surface area (Å²) in [5, 5.41) is 13.0. The van der Waals surface area contributed by atoms with Crippen molar-refractivity contribution in [2.45, 2.75) is 33.5 Å². The zero-order valence-electron chi connectivity index (χ0n) is 19.2. The van der Waals surface area contributed by atoms with Gasteiger partial charge < -0.3 is 19.1 Å². The van der Waals surface area contributed by atoms with E-state index in [2.05, 4.69) is 19.0 Å². The number of aromatic nitrogens is 1. The number of carboxylic acid groups (broad SMARTS) is 1. The Balaban J connectivity index is 1.72. The molecule has 4 aromatic rings. The average molecular weight is 458 g/mol. The minimum absolute atomic E-state index is 0.154. The molecule has 1 aromatic heterocycles. The topological polar surface area (TPSA) is 81.8 Å². The lowest BCUT2D eigenvalue weighted by molar-refractivity contribution is 0.0686. The molecule has 0 radical (unpaired) electrons. The molecule has 0 aliphatic carbocycles. The number of hydrogen-bond acceptors (Lipinski definition) is 5. The number of benzene rings is 3.